The Kier molecular flexibility index (Phi) is 5.59. The highest BCUT2D eigenvalue weighted by atomic mass is 16.5. The van der Waals surface area contributed by atoms with Gasteiger partial charge < -0.3 is 29.0 Å². The molecule has 0 saturated carbocycles. The predicted molar refractivity (Wildman–Crippen MR) is 99.3 cm³/mol. The molecule has 2 aromatic rings. The van der Waals surface area contributed by atoms with Crippen molar-refractivity contribution in [3.63, 3.8) is 0 Å². The van der Waals surface area contributed by atoms with Gasteiger partial charge in [0, 0.05) is 11.5 Å². The molecule has 3 rings (SSSR count). The van der Waals surface area contributed by atoms with Crippen molar-refractivity contribution in [2.24, 2.45) is 0 Å². The standard InChI is InChI=1S/C20H23NO6/c1-23-15-7-5-12(9-17(15)25-3)14-10-27-19-13(18(14)21-11-22)6-8-16(24-2)20(19)26-4/h5-9,11,14,18H,10H2,1-4H3,(H,21,22)/t14-,18+/m1/s1. The molecule has 2 atom stereocenters. The van der Waals surface area contributed by atoms with E-state index in [1.807, 2.05) is 24.3 Å². The van der Waals surface area contributed by atoms with E-state index in [0.29, 0.717) is 41.8 Å². The maximum absolute atomic E-state index is 11.3. The van der Waals surface area contributed by atoms with Crippen LogP contribution in [0.5, 0.6) is 28.7 Å². The summed E-state index contributed by atoms with van der Waals surface area (Å²) in [6.45, 7) is 0.359. The summed E-state index contributed by atoms with van der Waals surface area (Å²) in [5.74, 6) is 2.82. The number of fused-ring (bicyclic) bond motifs is 1. The zero-order chi connectivity index (χ0) is 19.4. The second kappa shape index (κ2) is 8.07. The number of amides is 1. The van der Waals surface area contributed by atoms with Crippen molar-refractivity contribution in [1.82, 2.24) is 5.32 Å². The molecule has 0 saturated heterocycles. The highest BCUT2D eigenvalue weighted by Crippen LogP contribution is 2.49. The summed E-state index contributed by atoms with van der Waals surface area (Å²) >= 11 is 0. The Morgan fingerprint density at radius 2 is 1.67 bits per heavy atom. The van der Waals surface area contributed by atoms with Crippen molar-refractivity contribution in [3.8, 4) is 28.7 Å². The van der Waals surface area contributed by atoms with Crippen LogP contribution in [-0.4, -0.2) is 41.5 Å². The maximum atomic E-state index is 11.3. The van der Waals surface area contributed by atoms with Gasteiger partial charge in [-0.15, -0.1) is 0 Å². The number of carbonyl (C=O) groups excluding carboxylic acids is 1. The molecule has 0 aliphatic carbocycles. The van der Waals surface area contributed by atoms with Gasteiger partial charge in [-0.1, -0.05) is 6.07 Å². The van der Waals surface area contributed by atoms with E-state index in [1.54, 1.807) is 34.5 Å². The minimum absolute atomic E-state index is 0.111. The van der Waals surface area contributed by atoms with E-state index in [0.717, 1.165) is 11.1 Å². The van der Waals surface area contributed by atoms with Gasteiger partial charge in [0.05, 0.1) is 41.1 Å². The van der Waals surface area contributed by atoms with Crippen LogP contribution < -0.4 is 29.0 Å². The highest BCUT2D eigenvalue weighted by molar-refractivity contribution is 5.60. The van der Waals surface area contributed by atoms with E-state index in [2.05, 4.69) is 5.32 Å². The van der Waals surface area contributed by atoms with Gasteiger partial charge in [0.15, 0.2) is 23.0 Å². The predicted octanol–water partition coefficient (Wildman–Crippen LogP) is 2.68. The van der Waals surface area contributed by atoms with Gasteiger partial charge >= 0.3 is 0 Å². The molecule has 0 aromatic heterocycles. The maximum Gasteiger partial charge on any atom is 0.207 e. The molecule has 1 aliphatic heterocycles. The van der Waals surface area contributed by atoms with E-state index < -0.39 is 0 Å². The van der Waals surface area contributed by atoms with Crippen LogP contribution in [0.2, 0.25) is 0 Å². The third-order valence-corrected chi connectivity index (χ3v) is 4.76. The highest BCUT2D eigenvalue weighted by Gasteiger charge is 2.35. The average Bonchev–Trinajstić information content (AvgIpc) is 2.72. The number of ether oxygens (including phenoxy) is 5. The summed E-state index contributed by atoms with van der Waals surface area (Å²) in [5.41, 5.74) is 1.79. The van der Waals surface area contributed by atoms with Crippen molar-refractivity contribution in [1.29, 1.82) is 0 Å². The number of benzene rings is 2. The summed E-state index contributed by atoms with van der Waals surface area (Å²) in [6.07, 6.45) is 0.699. The van der Waals surface area contributed by atoms with Crippen LogP contribution in [0.4, 0.5) is 0 Å². The fraction of sp³-hybridized carbons (Fsp3) is 0.350. The molecular weight excluding hydrogens is 350 g/mol. The van der Waals surface area contributed by atoms with Gasteiger partial charge in [-0.05, 0) is 29.8 Å². The third-order valence-electron chi connectivity index (χ3n) is 4.76. The lowest BCUT2D eigenvalue weighted by Crippen LogP contribution is -2.33. The normalized spacial score (nSPS) is 17.9. The Hall–Kier alpha value is -3.09. The van der Waals surface area contributed by atoms with Crippen LogP contribution in [0, 0.1) is 0 Å². The van der Waals surface area contributed by atoms with Gasteiger partial charge in [0.2, 0.25) is 12.2 Å². The summed E-state index contributed by atoms with van der Waals surface area (Å²) < 4.78 is 27.5. The zero-order valence-corrected chi connectivity index (χ0v) is 15.8. The molecule has 1 aliphatic rings. The minimum atomic E-state index is -0.288. The topological polar surface area (TPSA) is 75.3 Å². The van der Waals surface area contributed by atoms with Crippen LogP contribution in [-0.2, 0) is 4.79 Å². The average molecular weight is 373 g/mol. The SMILES string of the molecule is COc1ccc([C@H]2COc3c(ccc(OC)c3OC)[C@@H]2NC=O)cc1OC. The molecule has 0 unspecified atom stereocenters. The molecule has 7 heteroatoms. The monoisotopic (exact) mass is 373 g/mol. The first-order valence-electron chi connectivity index (χ1n) is 8.47. The summed E-state index contributed by atoms with van der Waals surface area (Å²) in [7, 11) is 6.31. The number of nitrogens with one attached hydrogen (secondary N) is 1. The molecule has 0 radical (unpaired) electrons. The van der Waals surface area contributed by atoms with E-state index in [9.17, 15) is 4.79 Å². The second-order valence-electron chi connectivity index (χ2n) is 6.01. The lowest BCUT2D eigenvalue weighted by molar-refractivity contribution is -0.110. The first-order valence-corrected chi connectivity index (χ1v) is 8.47. The van der Waals surface area contributed by atoms with Crippen molar-refractivity contribution in [2.45, 2.75) is 12.0 Å². The van der Waals surface area contributed by atoms with Crippen LogP contribution >= 0.6 is 0 Å². The number of rotatable bonds is 7. The Balaban J connectivity index is 2.06. The van der Waals surface area contributed by atoms with Crippen LogP contribution in [0.25, 0.3) is 0 Å². The van der Waals surface area contributed by atoms with E-state index >= 15 is 0 Å². The molecule has 7 nitrogen and oxygen atoms in total. The smallest absolute Gasteiger partial charge is 0.207 e. The molecule has 0 bridgehead atoms. The number of methoxy groups -OCH3 is 4. The van der Waals surface area contributed by atoms with Crippen LogP contribution in [0.15, 0.2) is 30.3 Å². The van der Waals surface area contributed by atoms with Crippen molar-refractivity contribution >= 4 is 6.41 Å². The van der Waals surface area contributed by atoms with Gasteiger partial charge in [-0.2, -0.15) is 0 Å². The molecular formula is C20H23NO6. The first kappa shape index (κ1) is 18.7. The molecule has 0 spiro atoms. The Labute approximate surface area is 158 Å². The molecule has 27 heavy (non-hydrogen) atoms. The van der Waals surface area contributed by atoms with Gasteiger partial charge in [-0.3, -0.25) is 4.79 Å². The molecule has 1 heterocycles. The number of hydrogen-bond acceptors (Lipinski definition) is 6. The first-order chi connectivity index (χ1) is 13.2. The van der Waals surface area contributed by atoms with E-state index in [1.165, 1.54) is 0 Å². The molecule has 1 amide bonds. The van der Waals surface area contributed by atoms with Crippen molar-refractivity contribution < 1.29 is 28.5 Å². The van der Waals surface area contributed by atoms with Gasteiger partial charge in [0.1, 0.15) is 0 Å². The molecule has 1 N–H and O–H groups in total. The fourth-order valence-corrected chi connectivity index (χ4v) is 3.45. The van der Waals surface area contributed by atoms with E-state index in [4.69, 9.17) is 23.7 Å². The number of carbonyl (C=O) groups is 1. The summed E-state index contributed by atoms with van der Waals surface area (Å²) in [5, 5.41) is 2.92. The zero-order valence-electron chi connectivity index (χ0n) is 15.8. The Morgan fingerprint density at radius 1 is 0.963 bits per heavy atom. The Bertz CT molecular complexity index is 822. The van der Waals surface area contributed by atoms with Crippen LogP contribution in [0.3, 0.4) is 0 Å². The lowest BCUT2D eigenvalue weighted by atomic mass is 9.85. The fourth-order valence-electron chi connectivity index (χ4n) is 3.45. The van der Waals surface area contributed by atoms with Gasteiger partial charge in [-0.25, -0.2) is 0 Å². The molecule has 2 aromatic carbocycles. The second-order valence-corrected chi connectivity index (χ2v) is 6.01. The van der Waals surface area contributed by atoms with Crippen molar-refractivity contribution in [3.05, 3.63) is 41.5 Å². The third kappa shape index (κ3) is 3.32. The molecule has 0 fully saturated rings. The summed E-state index contributed by atoms with van der Waals surface area (Å²) in [4.78, 5) is 11.3. The molecule has 144 valence electrons. The number of hydrogen-bond donors (Lipinski definition) is 1. The van der Waals surface area contributed by atoms with Gasteiger partial charge in [0.25, 0.3) is 0 Å². The van der Waals surface area contributed by atoms with Crippen molar-refractivity contribution in [2.75, 3.05) is 35.0 Å². The Morgan fingerprint density at radius 3 is 2.30 bits per heavy atom. The largest absolute Gasteiger partial charge is 0.493 e. The quantitative estimate of drug-likeness (QED) is 0.752. The summed E-state index contributed by atoms with van der Waals surface area (Å²) in [6, 6.07) is 9.08. The minimum Gasteiger partial charge on any atom is -0.493 e. The van der Waals surface area contributed by atoms with E-state index in [-0.39, 0.29) is 12.0 Å². The van der Waals surface area contributed by atoms with Crippen LogP contribution in [0.1, 0.15) is 23.1 Å². The lowest BCUT2D eigenvalue weighted by Gasteiger charge is -2.34.